The molecule has 0 saturated carbocycles. The van der Waals surface area contributed by atoms with Crippen molar-refractivity contribution in [1.82, 2.24) is 9.97 Å². The number of furan rings is 1. The first-order chi connectivity index (χ1) is 10.2. The minimum Gasteiger partial charge on any atom is -0.481 e. The van der Waals surface area contributed by atoms with Crippen LogP contribution in [0.1, 0.15) is 19.3 Å². The monoisotopic (exact) mass is 287 g/mol. The van der Waals surface area contributed by atoms with E-state index in [1.807, 2.05) is 12.1 Å². The Morgan fingerprint density at radius 2 is 2.38 bits per heavy atom. The van der Waals surface area contributed by atoms with Crippen molar-refractivity contribution in [3.63, 3.8) is 0 Å². The number of nitrogens with zero attached hydrogens (tertiary/aromatic N) is 3. The zero-order valence-electron chi connectivity index (χ0n) is 11.6. The lowest BCUT2D eigenvalue weighted by atomic mass is 9.95. The lowest BCUT2D eigenvalue weighted by Gasteiger charge is -2.32. The van der Waals surface area contributed by atoms with E-state index >= 15 is 0 Å². The summed E-state index contributed by atoms with van der Waals surface area (Å²) in [6.07, 6.45) is 5.43. The second-order valence-corrected chi connectivity index (χ2v) is 5.27. The molecule has 1 fully saturated rings. The number of rotatable bonds is 4. The molecule has 3 rings (SSSR count). The number of piperidine rings is 1. The first-order valence-electron chi connectivity index (χ1n) is 7.06. The van der Waals surface area contributed by atoms with Crippen LogP contribution in [0.15, 0.2) is 35.1 Å². The topological polar surface area (TPSA) is 79.5 Å². The Hall–Kier alpha value is -2.37. The second-order valence-electron chi connectivity index (χ2n) is 5.27. The smallest absolute Gasteiger partial charge is 0.303 e. The molecule has 0 aromatic carbocycles. The molecule has 1 atom stereocenters. The zero-order valence-corrected chi connectivity index (χ0v) is 11.6. The van der Waals surface area contributed by atoms with Gasteiger partial charge in [-0.1, -0.05) is 0 Å². The molecule has 0 radical (unpaired) electrons. The Kier molecular flexibility index (Phi) is 3.85. The number of aromatic nitrogens is 2. The van der Waals surface area contributed by atoms with Crippen LogP contribution in [0.3, 0.4) is 0 Å². The van der Waals surface area contributed by atoms with Crippen molar-refractivity contribution in [1.29, 1.82) is 0 Å². The third-order valence-electron chi connectivity index (χ3n) is 3.68. The van der Waals surface area contributed by atoms with Crippen LogP contribution in [-0.2, 0) is 4.79 Å². The van der Waals surface area contributed by atoms with Gasteiger partial charge in [-0.25, -0.2) is 9.97 Å². The van der Waals surface area contributed by atoms with Crippen molar-refractivity contribution in [2.45, 2.75) is 19.3 Å². The molecule has 1 aliphatic rings. The van der Waals surface area contributed by atoms with Crippen molar-refractivity contribution < 1.29 is 14.3 Å². The van der Waals surface area contributed by atoms with E-state index < -0.39 is 5.97 Å². The molecule has 1 saturated heterocycles. The van der Waals surface area contributed by atoms with Crippen LogP contribution in [0.5, 0.6) is 0 Å². The molecular weight excluding hydrogens is 270 g/mol. The molecule has 2 aromatic heterocycles. The number of anilines is 1. The van der Waals surface area contributed by atoms with Gasteiger partial charge in [-0.15, -0.1) is 0 Å². The molecule has 0 bridgehead atoms. The largest absolute Gasteiger partial charge is 0.481 e. The fraction of sp³-hybridized carbons (Fsp3) is 0.400. The van der Waals surface area contributed by atoms with Crippen molar-refractivity contribution in [2.24, 2.45) is 5.92 Å². The summed E-state index contributed by atoms with van der Waals surface area (Å²) in [5.41, 5.74) is 0.741. The van der Waals surface area contributed by atoms with Gasteiger partial charge in [0.25, 0.3) is 0 Å². The fourth-order valence-electron chi connectivity index (χ4n) is 2.72. The first kappa shape index (κ1) is 13.6. The summed E-state index contributed by atoms with van der Waals surface area (Å²) in [5.74, 6) is 0.760. The van der Waals surface area contributed by atoms with Crippen molar-refractivity contribution in [3.05, 3.63) is 30.7 Å². The van der Waals surface area contributed by atoms with Crippen LogP contribution < -0.4 is 4.90 Å². The Morgan fingerprint density at radius 3 is 3.14 bits per heavy atom. The van der Waals surface area contributed by atoms with Gasteiger partial charge in [0.05, 0.1) is 6.26 Å². The van der Waals surface area contributed by atoms with Gasteiger partial charge in [-0.05, 0) is 37.0 Å². The van der Waals surface area contributed by atoms with Crippen molar-refractivity contribution >= 4 is 11.9 Å². The quantitative estimate of drug-likeness (QED) is 0.930. The van der Waals surface area contributed by atoms with Gasteiger partial charge < -0.3 is 14.4 Å². The molecule has 6 nitrogen and oxygen atoms in total. The molecular formula is C15H17N3O3. The summed E-state index contributed by atoms with van der Waals surface area (Å²) in [5, 5.41) is 8.93. The fourth-order valence-corrected chi connectivity index (χ4v) is 2.72. The van der Waals surface area contributed by atoms with E-state index in [-0.39, 0.29) is 12.3 Å². The number of hydrogen-bond acceptors (Lipinski definition) is 5. The molecule has 110 valence electrons. The van der Waals surface area contributed by atoms with E-state index in [0.29, 0.717) is 18.3 Å². The van der Waals surface area contributed by atoms with Crippen molar-refractivity contribution in [2.75, 3.05) is 18.0 Å². The van der Waals surface area contributed by atoms with E-state index in [1.54, 1.807) is 18.5 Å². The molecule has 3 heterocycles. The highest BCUT2D eigenvalue weighted by Gasteiger charge is 2.23. The third-order valence-corrected chi connectivity index (χ3v) is 3.68. The highest BCUT2D eigenvalue weighted by atomic mass is 16.4. The van der Waals surface area contributed by atoms with Crippen LogP contribution in [0.25, 0.3) is 11.5 Å². The van der Waals surface area contributed by atoms with E-state index in [2.05, 4.69) is 14.9 Å². The molecule has 0 aliphatic carbocycles. The molecule has 0 spiro atoms. The number of aliphatic carboxylic acids is 1. The average molecular weight is 287 g/mol. The van der Waals surface area contributed by atoms with Gasteiger partial charge in [-0.3, -0.25) is 4.79 Å². The number of hydrogen-bond donors (Lipinski definition) is 1. The molecule has 0 amide bonds. The lowest BCUT2D eigenvalue weighted by Crippen LogP contribution is -2.37. The predicted octanol–water partition coefficient (Wildman–Crippen LogP) is 2.43. The van der Waals surface area contributed by atoms with Crippen LogP contribution in [0.2, 0.25) is 0 Å². The Bertz CT molecular complexity index is 612. The van der Waals surface area contributed by atoms with E-state index in [4.69, 9.17) is 9.52 Å². The molecule has 1 N–H and O–H groups in total. The minimum atomic E-state index is -0.743. The van der Waals surface area contributed by atoms with Gasteiger partial charge in [0.2, 0.25) is 5.95 Å². The van der Waals surface area contributed by atoms with Crippen LogP contribution in [0.4, 0.5) is 5.95 Å². The molecule has 21 heavy (non-hydrogen) atoms. The van der Waals surface area contributed by atoms with Crippen LogP contribution >= 0.6 is 0 Å². The highest BCUT2D eigenvalue weighted by Crippen LogP contribution is 2.24. The zero-order chi connectivity index (χ0) is 14.7. The minimum absolute atomic E-state index is 0.159. The molecule has 6 heteroatoms. The molecule has 2 aromatic rings. The summed E-state index contributed by atoms with van der Waals surface area (Å²) in [7, 11) is 0. The normalized spacial score (nSPS) is 18.7. The van der Waals surface area contributed by atoms with Crippen LogP contribution in [-0.4, -0.2) is 34.1 Å². The number of carboxylic acids is 1. The van der Waals surface area contributed by atoms with Gasteiger partial charge >= 0.3 is 5.97 Å². The lowest BCUT2D eigenvalue weighted by molar-refractivity contribution is -0.138. The Labute approximate surface area is 122 Å². The number of carboxylic acid groups (broad SMARTS) is 1. The van der Waals surface area contributed by atoms with Gasteiger partial charge in [0.1, 0.15) is 5.69 Å². The standard InChI is InChI=1S/C15H17N3O3/c19-14(20)9-11-3-1-7-18(10-11)15-16-6-5-12(17-15)13-4-2-8-21-13/h2,4-6,8,11H,1,3,7,9-10H2,(H,19,20). The maximum atomic E-state index is 10.9. The maximum absolute atomic E-state index is 10.9. The summed E-state index contributed by atoms with van der Waals surface area (Å²) < 4.78 is 5.35. The van der Waals surface area contributed by atoms with Gasteiger partial charge in [-0.2, -0.15) is 0 Å². The second kappa shape index (κ2) is 5.95. The summed E-state index contributed by atoms with van der Waals surface area (Å²) in [4.78, 5) is 21.8. The van der Waals surface area contributed by atoms with E-state index in [1.165, 1.54) is 0 Å². The SMILES string of the molecule is O=C(O)CC1CCCN(c2nccc(-c3ccco3)n2)C1. The maximum Gasteiger partial charge on any atom is 0.303 e. The summed E-state index contributed by atoms with van der Waals surface area (Å²) in [6, 6.07) is 5.48. The summed E-state index contributed by atoms with van der Waals surface area (Å²) >= 11 is 0. The van der Waals surface area contributed by atoms with E-state index in [9.17, 15) is 4.79 Å². The van der Waals surface area contributed by atoms with Crippen molar-refractivity contribution in [3.8, 4) is 11.5 Å². The third kappa shape index (κ3) is 3.21. The number of carbonyl (C=O) groups is 1. The molecule has 1 aliphatic heterocycles. The predicted molar refractivity (Wildman–Crippen MR) is 76.9 cm³/mol. The average Bonchev–Trinajstić information content (AvgIpc) is 3.01. The first-order valence-corrected chi connectivity index (χ1v) is 7.06. The van der Waals surface area contributed by atoms with E-state index in [0.717, 1.165) is 25.1 Å². The molecule has 1 unspecified atom stereocenters. The van der Waals surface area contributed by atoms with Gasteiger partial charge in [0.15, 0.2) is 5.76 Å². The van der Waals surface area contributed by atoms with Crippen LogP contribution in [0, 0.1) is 5.92 Å². The summed E-state index contributed by atoms with van der Waals surface area (Å²) in [6.45, 7) is 1.55. The van der Waals surface area contributed by atoms with Gasteiger partial charge in [0, 0.05) is 25.7 Å². The Balaban J connectivity index is 1.77. The Morgan fingerprint density at radius 1 is 1.48 bits per heavy atom. The highest BCUT2D eigenvalue weighted by molar-refractivity contribution is 5.67.